The highest BCUT2D eigenvalue weighted by molar-refractivity contribution is 6.29. The van der Waals surface area contributed by atoms with E-state index in [0.717, 1.165) is 18.9 Å². The van der Waals surface area contributed by atoms with Crippen molar-refractivity contribution in [2.45, 2.75) is 25.9 Å². The zero-order valence-corrected chi connectivity index (χ0v) is 11.1. The lowest BCUT2D eigenvalue weighted by Gasteiger charge is -2.43. The summed E-state index contributed by atoms with van der Waals surface area (Å²) < 4.78 is 0. The Morgan fingerprint density at radius 2 is 2.00 bits per heavy atom. The molecule has 2 rings (SSSR count). The molecule has 0 bridgehead atoms. The number of anilines is 2. The van der Waals surface area contributed by atoms with Crippen molar-refractivity contribution in [1.82, 2.24) is 14.9 Å². The Hall–Kier alpha value is -1.07. The smallest absolute Gasteiger partial charge is 0.223 e. The van der Waals surface area contributed by atoms with Crippen LogP contribution < -0.4 is 10.6 Å². The molecule has 0 aromatic carbocycles. The Kier molecular flexibility index (Phi) is 3.40. The monoisotopic (exact) mass is 255 g/mol. The lowest BCUT2D eigenvalue weighted by atomic mass is 10.1. The van der Waals surface area contributed by atoms with Gasteiger partial charge in [0, 0.05) is 31.2 Å². The normalized spacial score (nSPS) is 26.2. The van der Waals surface area contributed by atoms with Gasteiger partial charge in [0.2, 0.25) is 5.95 Å². The van der Waals surface area contributed by atoms with Crippen molar-refractivity contribution in [3.63, 3.8) is 0 Å². The van der Waals surface area contributed by atoms with E-state index in [9.17, 15) is 0 Å². The zero-order valence-electron chi connectivity index (χ0n) is 10.4. The molecule has 1 aliphatic rings. The number of halogens is 1. The average molecular weight is 256 g/mol. The van der Waals surface area contributed by atoms with Crippen molar-refractivity contribution in [3.05, 3.63) is 11.2 Å². The van der Waals surface area contributed by atoms with E-state index < -0.39 is 0 Å². The first-order chi connectivity index (χ1) is 7.97. The van der Waals surface area contributed by atoms with Crippen LogP contribution in [0.1, 0.15) is 13.8 Å². The molecular formula is C11H18ClN5. The van der Waals surface area contributed by atoms with Gasteiger partial charge in [-0.2, -0.15) is 4.98 Å². The minimum atomic E-state index is 0.228. The summed E-state index contributed by atoms with van der Waals surface area (Å²) >= 11 is 5.91. The fourth-order valence-corrected chi connectivity index (χ4v) is 2.37. The number of nitrogen functional groups attached to an aromatic ring is 1. The van der Waals surface area contributed by atoms with Gasteiger partial charge in [0.25, 0.3) is 0 Å². The zero-order chi connectivity index (χ0) is 12.6. The molecule has 1 aromatic rings. The Balaban J connectivity index is 2.26. The van der Waals surface area contributed by atoms with Gasteiger partial charge in [-0.15, -0.1) is 0 Å². The van der Waals surface area contributed by atoms with Crippen LogP contribution in [0.4, 0.5) is 11.8 Å². The summed E-state index contributed by atoms with van der Waals surface area (Å²) in [6.07, 6.45) is 0. The summed E-state index contributed by atoms with van der Waals surface area (Å²) in [4.78, 5) is 12.7. The molecule has 1 aromatic heterocycles. The van der Waals surface area contributed by atoms with Gasteiger partial charge in [0.15, 0.2) is 0 Å². The molecule has 1 aliphatic heterocycles. The first-order valence-electron chi connectivity index (χ1n) is 5.74. The molecule has 94 valence electrons. The van der Waals surface area contributed by atoms with Crippen LogP contribution in [-0.4, -0.2) is 47.1 Å². The molecule has 5 nitrogen and oxygen atoms in total. The number of hydrogen-bond acceptors (Lipinski definition) is 5. The lowest BCUT2D eigenvalue weighted by molar-refractivity contribution is 0.205. The molecule has 0 saturated carbocycles. The van der Waals surface area contributed by atoms with Crippen molar-refractivity contribution in [2.75, 3.05) is 30.8 Å². The molecule has 17 heavy (non-hydrogen) atoms. The number of nitrogens with two attached hydrogens (primary N) is 1. The molecule has 1 saturated heterocycles. The van der Waals surface area contributed by atoms with Crippen molar-refractivity contribution in [2.24, 2.45) is 0 Å². The SMILES string of the molecule is CC1CN(c2cc(Cl)nc(N)n2)C(C)CN1C. The van der Waals surface area contributed by atoms with Gasteiger partial charge < -0.3 is 10.6 Å². The summed E-state index contributed by atoms with van der Waals surface area (Å²) in [5.41, 5.74) is 5.63. The molecule has 1 fully saturated rings. The molecular weight excluding hydrogens is 238 g/mol. The number of hydrogen-bond donors (Lipinski definition) is 1. The third-order valence-electron chi connectivity index (χ3n) is 3.29. The van der Waals surface area contributed by atoms with Crippen molar-refractivity contribution < 1.29 is 0 Å². The second-order valence-electron chi connectivity index (χ2n) is 4.70. The number of rotatable bonds is 1. The van der Waals surface area contributed by atoms with Crippen molar-refractivity contribution in [1.29, 1.82) is 0 Å². The topological polar surface area (TPSA) is 58.3 Å². The maximum Gasteiger partial charge on any atom is 0.223 e. The number of aromatic nitrogens is 2. The van der Waals surface area contributed by atoms with Crippen LogP contribution in [0.2, 0.25) is 5.15 Å². The van der Waals surface area contributed by atoms with Gasteiger partial charge in [-0.1, -0.05) is 11.6 Å². The van der Waals surface area contributed by atoms with Crippen LogP contribution in [0.5, 0.6) is 0 Å². The van der Waals surface area contributed by atoms with Crippen LogP contribution in [0.25, 0.3) is 0 Å². The third kappa shape index (κ3) is 2.61. The Morgan fingerprint density at radius 3 is 2.65 bits per heavy atom. The fourth-order valence-electron chi connectivity index (χ4n) is 2.19. The number of likely N-dealkylation sites (N-methyl/N-ethyl adjacent to an activating group) is 1. The van der Waals surface area contributed by atoms with E-state index in [1.165, 1.54) is 0 Å². The Morgan fingerprint density at radius 1 is 1.29 bits per heavy atom. The van der Waals surface area contributed by atoms with Crippen LogP contribution in [0, 0.1) is 0 Å². The van der Waals surface area contributed by atoms with Crippen LogP contribution in [-0.2, 0) is 0 Å². The molecule has 0 aliphatic carbocycles. The highest BCUT2D eigenvalue weighted by Gasteiger charge is 2.27. The highest BCUT2D eigenvalue weighted by Crippen LogP contribution is 2.23. The Bertz CT molecular complexity index is 391. The summed E-state index contributed by atoms with van der Waals surface area (Å²) in [6.45, 7) is 6.30. The van der Waals surface area contributed by atoms with Gasteiger partial charge >= 0.3 is 0 Å². The van der Waals surface area contributed by atoms with E-state index in [1.54, 1.807) is 6.07 Å². The summed E-state index contributed by atoms with van der Waals surface area (Å²) in [6, 6.07) is 2.65. The molecule has 2 N–H and O–H groups in total. The number of piperazine rings is 1. The Labute approximate surface area is 107 Å². The maximum atomic E-state index is 5.91. The maximum absolute atomic E-state index is 5.91. The molecule has 2 atom stereocenters. The second kappa shape index (κ2) is 4.66. The fraction of sp³-hybridized carbons (Fsp3) is 0.636. The minimum Gasteiger partial charge on any atom is -0.368 e. The van der Waals surface area contributed by atoms with Gasteiger partial charge in [0.05, 0.1) is 0 Å². The van der Waals surface area contributed by atoms with Gasteiger partial charge in [-0.05, 0) is 20.9 Å². The molecule has 0 radical (unpaired) electrons. The van der Waals surface area contributed by atoms with E-state index in [1.807, 2.05) is 0 Å². The minimum absolute atomic E-state index is 0.228. The lowest BCUT2D eigenvalue weighted by Crippen LogP contribution is -2.55. The van der Waals surface area contributed by atoms with Crippen LogP contribution in [0.15, 0.2) is 6.07 Å². The van der Waals surface area contributed by atoms with Gasteiger partial charge in [-0.25, -0.2) is 4.98 Å². The van der Waals surface area contributed by atoms with Crippen LogP contribution in [0.3, 0.4) is 0 Å². The largest absolute Gasteiger partial charge is 0.368 e. The van der Waals surface area contributed by atoms with E-state index in [-0.39, 0.29) is 5.95 Å². The van der Waals surface area contributed by atoms with Gasteiger partial charge in [-0.3, -0.25) is 4.90 Å². The standard InChI is InChI=1S/C11H18ClN5/c1-7-6-17(8(2)5-16(7)3)10-4-9(12)14-11(13)15-10/h4,7-8H,5-6H2,1-3H3,(H2,13,14,15). The molecule has 0 amide bonds. The first-order valence-corrected chi connectivity index (χ1v) is 6.12. The van der Waals surface area contributed by atoms with Crippen molar-refractivity contribution in [3.8, 4) is 0 Å². The summed E-state index contributed by atoms with van der Waals surface area (Å²) in [5, 5.41) is 0.395. The van der Waals surface area contributed by atoms with E-state index in [4.69, 9.17) is 17.3 Å². The summed E-state index contributed by atoms with van der Waals surface area (Å²) in [5.74, 6) is 1.04. The third-order valence-corrected chi connectivity index (χ3v) is 3.48. The molecule has 6 heteroatoms. The molecule has 2 unspecified atom stereocenters. The van der Waals surface area contributed by atoms with E-state index in [0.29, 0.717) is 17.2 Å². The number of nitrogens with zero attached hydrogens (tertiary/aromatic N) is 4. The quantitative estimate of drug-likeness (QED) is 0.766. The predicted molar refractivity (Wildman–Crippen MR) is 70.4 cm³/mol. The van der Waals surface area contributed by atoms with Crippen molar-refractivity contribution >= 4 is 23.4 Å². The summed E-state index contributed by atoms with van der Waals surface area (Å²) in [7, 11) is 2.14. The van der Waals surface area contributed by atoms with E-state index in [2.05, 4.69) is 40.7 Å². The van der Waals surface area contributed by atoms with Crippen LogP contribution >= 0.6 is 11.6 Å². The molecule has 2 heterocycles. The molecule has 0 spiro atoms. The van der Waals surface area contributed by atoms with E-state index >= 15 is 0 Å². The highest BCUT2D eigenvalue weighted by atomic mass is 35.5. The second-order valence-corrected chi connectivity index (χ2v) is 5.08. The first kappa shape index (κ1) is 12.4. The van der Waals surface area contributed by atoms with Gasteiger partial charge in [0.1, 0.15) is 11.0 Å². The predicted octanol–water partition coefficient (Wildman–Crippen LogP) is 1.24. The average Bonchev–Trinajstić information content (AvgIpc) is 2.22.